The minimum absolute atomic E-state index is 0.00550. The monoisotopic (exact) mass is 197 g/mol. The third kappa shape index (κ3) is 2.30. The Labute approximate surface area is 83.6 Å². The number of nitrogens with two attached hydrogens (primary N) is 1. The fraction of sp³-hybridized carbons (Fsp3) is 0.455. The molecule has 0 aromatic heterocycles. The molecule has 78 valence electrons. The van der Waals surface area contributed by atoms with Gasteiger partial charge in [-0.2, -0.15) is 0 Å². The molecule has 2 nitrogen and oxygen atoms in total. The molecule has 0 spiro atoms. The zero-order valence-electron chi connectivity index (χ0n) is 8.50. The summed E-state index contributed by atoms with van der Waals surface area (Å²) in [6.45, 7) is 3.76. The van der Waals surface area contributed by atoms with E-state index in [4.69, 9.17) is 10.8 Å². The SMILES string of the molecule is CC(C)(CO)C(N)c1ccc(F)cc1. The van der Waals surface area contributed by atoms with Crippen LogP contribution in [0.3, 0.4) is 0 Å². The van der Waals surface area contributed by atoms with Crippen LogP contribution in [-0.2, 0) is 0 Å². The Balaban J connectivity index is 2.89. The average Bonchev–Trinajstić information content (AvgIpc) is 2.18. The summed E-state index contributed by atoms with van der Waals surface area (Å²) in [5, 5.41) is 9.13. The molecular weight excluding hydrogens is 181 g/mol. The van der Waals surface area contributed by atoms with Crippen molar-refractivity contribution in [1.29, 1.82) is 0 Å². The molecule has 0 fully saturated rings. The van der Waals surface area contributed by atoms with Crippen molar-refractivity contribution in [1.82, 2.24) is 0 Å². The molecule has 14 heavy (non-hydrogen) atoms. The Kier molecular flexibility index (Phi) is 3.24. The molecule has 0 radical (unpaired) electrons. The summed E-state index contributed by atoms with van der Waals surface area (Å²) in [5.74, 6) is -0.275. The summed E-state index contributed by atoms with van der Waals surface area (Å²) < 4.78 is 12.6. The lowest BCUT2D eigenvalue weighted by atomic mass is 9.82. The van der Waals surface area contributed by atoms with Gasteiger partial charge in [0.1, 0.15) is 5.82 Å². The summed E-state index contributed by atoms with van der Waals surface area (Å²) in [5.41, 5.74) is 6.40. The fourth-order valence-electron chi connectivity index (χ4n) is 1.22. The van der Waals surface area contributed by atoms with E-state index in [-0.39, 0.29) is 18.5 Å². The van der Waals surface area contributed by atoms with Gasteiger partial charge >= 0.3 is 0 Å². The standard InChI is InChI=1S/C11H16FNO/c1-11(2,7-14)10(13)8-3-5-9(12)6-4-8/h3-6,10,14H,7,13H2,1-2H3. The molecule has 1 unspecified atom stereocenters. The van der Waals surface area contributed by atoms with E-state index in [0.29, 0.717) is 0 Å². The predicted molar refractivity (Wildman–Crippen MR) is 54.2 cm³/mol. The number of halogens is 1. The van der Waals surface area contributed by atoms with Gasteiger partial charge in [-0.1, -0.05) is 26.0 Å². The minimum Gasteiger partial charge on any atom is -0.396 e. The van der Waals surface area contributed by atoms with Crippen LogP contribution in [0.15, 0.2) is 24.3 Å². The van der Waals surface area contributed by atoms with Gasteiger partial charge < -0.3 is 10.8 Å². The number of aliphatic hydroxyl groups excluding tert-OH is 1. The molecule has 0 saturated heterocycles. The third-order valence-electron chi connectivity index (χ3n) is 2.48. The summed E-state index contributed by atoms with van der Waals surface area (Å²) in [6, 6.07) is 5.77. The van der Waals surface area contributed by atoms with E-state index >= 15 is 0 Å². The molecule has 0 bridgehead atoms. The number of hydrogen-bond donors (Lipinski definition) is 2. The van der Waals surface area contributed by atoms with Gasteiger partial charge in [-0.15, -0.1) is 0 Å². The summed E-state index contributed by atoms with van der Waals surface area (Å²) in [4.78, 5) is 0. The van der Waals surface area contributed by atoms with Crippen molar-refractivity contribution in [2.45, 2.75) is 19.9 Å². The van der Waals surface area contributed by atoms with E-state index in [0.717, 1.165) is 5.56 Å². The van der Waals surface area contributed by atoms with Crippen molar-refractivity contribution in [2.75, 3.05) is 6.61 Å². The highest BCUT2D eigenvalue weighted by atomic mass is 19.1. The van der Waals surface area contributed by atoms with Crippen molar-refractivity contribution >= 4 is 0 Å². The van der Waals surface area contributed by atoms with Gasteiger partial charge in [0.25, 0.3) is 0 Å². The average molecular weight is 197 g/mol. The second kappa shape index (κ2) is 4.07. The van der Waals surface area contributed by atoms with E-state index < -0.39 is 5.41 Å². The quantitative estimate of drug-likeness (QED) is 0.776. The van der Waals surface area contributed by atoms with Crippen LogP contribution in [0, 0.1) is 11.2 Å². The zero-order chi connectivity index (χ0) is 10.8. The molecule has 1 aromatic carbocycles. The maximum absolute atomic E-state index is 12.6. The Bertz CT molecular complexity index is 295. The van der Waals surface area contributed by atoms with E-state index in [1.165, 1.54) is 12.1 Å². The van der Waals surface area contributed by atoms with Crippen LogP contribution in [0.25, 0.3) is 0 Å². The van der Waals surface area contributed by atoms with Crippen molar-refractivity contribution in [3.05, 3.63) is 35.6 Å². The molecule has 1 aromatic rings. The molecular formula is C11H16FNO. The first kappa shape index (κ1) is 11.1. The molecule has 0 aliphatic carbocycles. The van der Waals surface area contributed by atoms with E-state index in [1.54, 1.807) is 12.1 Å². The molecule has 0 saturated carbocycles. The molecule has 0 heterocycles. The highest BCUT2D eigenvalue weighted by molar-refractivity contribution is 5.21. The van der Waals surface area contributed by atoms with Crippen LogP contribution in [0.5, 0.6) is 0 Å². The Hall–Kier alpha value is -0.930. The molecule has 3 N–H and O–H groups in total. The zero-order valence-corrected chi connectivity index (χ0v) is 8.50. The molecule has 3 heteroatoms. The largest absolute Gasteiger partial charge is 0.396 e. The number of aliphatic hydroxyl groups is 1. The third-order valence-corrected chi connectivity index (χ3v) is 2.48. The van der Waals surface area contributed by atoms with Gasteiger partial charge in [0.2, 0.25) is 0 Å². The van der Waals surface area contributed by atoms with Crippen molar-refractivity contribution < 1.29 is 9.50 Å². The number of rotatable bonds is 3. The molecule has 0 aliphatic rings. The van der Waals surface area contributed by atoms with Crippen molar-refractivity contribution in [3.8, 4) is 0 Å². The van der Waals surface area contributed by atoms with Gasteiger partial charge in [-0.3, -0.25) is 0 Å². The first-order valence-corrected chi connectivity index (χ1v) is 4.59. The Morgan fingerprint density at radius 2 is 1.86 bits per heavy atom. The number of benzene rings is 1. The van der Waals surface area contributed by atoms with Gasteiger partial charge in [0.05, 0.1) is 0 Å². The van der Waals surface area contributed by atoms with Crippen molar-refractivity contribution in [2.24, 2.45) is 11.1 Å². The van der Waals surface area contributed by atoms with Crippen LogP contribution >= 0.6 is 0 Å². The van der Waals surface area contributed by atoms with Gasteiger partial charge in [-0.25, -0.2) is 4.39 Å². The van der Waals surface area contributed by atoms with Crippen LogP contribution in [0.2, 0.25) is 0 Å². The lowest BCUT2D eigenvalue weighted by molar-refractivity contribution is 0.132. The second-order valence-electron chi connectivity index (χ2n) is 4.18. The maximum Gasteiger partial charge on any atom is 0.123 e. The van der Waals surface area contributed by atoms with E-state index in [1.807, 2.05) is 13.8 Å². The maximum atomic E-state index is 12.6. The van der Waals surface area contributed by atoms with Gasteiger partial charge in [0, 0.05) is 18.1 Å². The smallest absolute Gasteiger partial charge is 0.123 e. The lowest BCUT2D eigenvalue weighted by Crippen LogP contribution is -2.32. The topological polar surface area (TPSA) is 46.2 Å². The molecule has 0 amide bonds. The summed E-state index contributed by atoms with van der Waals surface area (Å²) in [7, 11) is 0. The normalized spacial score (nSPS) is 14.1. The number of hydrogen-bond acceptors (Lipinski definition) is 2. The van der Waals surface area contributed by atoms with Crippen LogP contribution in [0.4, 0.5) is 4.39 Å². The van der Waals surface area contributed by atoms with Gasteiger partial charge in [0.15, 0.2) is 0 Å². The van der Waals surface area contributed by atoms with Crippen LogP contribution in [0.1, 0.15) is 25.5 Å². The predicted octanol–water partition coefficient (Wildman–Crippen LogP) is 1.84. The highest BCUT2D eigenvalue weighted by Gasteiger charge is 2.26. The second-order valence-corrected chi connectivity index (χ2v) is 4.18. The highest BCUT2D eigenvalue weighted by Crippen LogP contribution is 2.30. The fourth-order valence-corrected chi connectivity index (χ4v) is 1.22. The molecule has 1 rings (SSSR count). The van der Waals surface area contributed by atoms with E-state index in [9.17, 15) is 4.39 Å². The Morgan fingerprint density at radius 1 is 1.36 bits per heavy atom. The Morgan fingerprint density at radius 3 is 2.29 bits per heavy atom. The molecule has 1 atom stereocenters. The van der Waals surface area contributed by atoms with Crippen molar-refractivity contribution in [3.63, 3.8) is 0 Å². The molecule has 0 aliphatic heterocycles. The first-order chi connectivity index (χ1) is 6.47. The summed E-state index contributed by atoms with van der Waals surface area (Å²) >= 11 is 0. The lowest BCUT2D eigenvalue weighted by Gasteiger charge is -2.29. The minimum atomic E-state index is -0.391. The first-order valence-electron chi connectivity index (χ1n) is 4.59. The van der Waals surface area contributed by atoms with Crippen LogP contribution < -0.4 is 5.73 Å². The summed E-state index contributed by atoms with van der Waals surface area (Å²) in [6.07, 6.45) is 0. The van der Waals surface area contributed by atoms with Crippen LogP contribution in [-0.4, -0.2) is 11.7 Å². The van der Waals surface area contributed by atoms with E-state index in [2.05, 4.69) is 0 Å². The van der Waals surface area contributed by atoms with Gasteiger partial charge in [-0.05, 0) is 17.7 Å².